The minimum Gasteiger partial charge on any atom is -0.481 e. The second-order valence-corrected chi connectivity index (χ2v) is 18.1. The number of nitrogens with zero attached hydrogens (tertiary/aromatic N) is 3. The molecular formula is C44H68N6O8S. The van der Waals surface area contributed by atoms with Gasteiger partial charge in [-0.15, -0.1) is 23.7 Å². The topological polar surface area (TPSA) is 193 Å². The van der Waals surface area contributed by atoms with Crippen LogP contribution in [0.25, 0.3) is 0 Å². The number of piperidine rings is 1. The summed E-state index contributed by atoms with van der Waals surface area (Å²) in [6, 6.07) is -2.42. The number of likely N-dealkylation sites (tertiary alicyclic amines) is 1. The van der Waals surface area contributed by atoms with E-state index in [-0.39, 0.29) is 54.8 Å². The zero-order valence-electron chi connectivity index (χ0n) is 36.5. The molecule has 15 heteroatoms. The average molecular weight is 841 g/mol. The van der Waals surface area contributed by atoms with Crippen molar-refractivity contribution in [2.75, 3.05) is 20.2 Å². The second kappa shape index (κ2) is 22.9. The van der Waals surface area contributed by atoms with Gasteiger partial charge in [0.15, 0.2) is 6.10 Å². The number of esters is 1. The van der Waals surface area contributed by atoms with Crippen LogP contribution in [0.4, 0.5) is 0 Å². The van der Waals surface area contributed by atoms with Crippen molar-refractivity contribution in [3.05, 3.63) is 39.5 Å². The molecule has 1 aromatic rings. The van der Waals surface area contributed by atoms with Crippen molar-refractivity contribution in [1.29, 1.82) is 0 Å². The lowest BCUT2D eigenvalue weighted by Gasteiger charge is -2.39. The number of likely N-dealkylation sites (N-methyl/N-ethyl adjacent to an activating group) is 1. The lowest BCUT2D eigenvalue weighted by atomic mass is 9.80. The first kappa shape index (κ1) is 49.1. The maximum absolute atomic E-state index is 14.7. The number of nitrogens with two attached hydrogens (primary N) is 1. The predicted octanol–water partition coefficient (Wildman–Crippen LogP) is 6.15. The van der Waals surface area contributed by atoms with E-state index < -0.39 is 53.4 Å². The molecule has 0 bridgehead atoms. The van der Waals surface area contributed by atoms with Crippen molar-refractivity contribution in [1.82, 2.24) is 25.6 Å². The van der Waals surface area contributed by atoms with Gasteiger partial charge in [-0.25, -0.2) is 10.0 Å². The maximum Gasteiger partial charge on any atom is 0.309 e. The molecule has 0 spiro atoms. The molecule has 1 unspecified atom stereocenters. The molecule has 3 rings (SSSR count). The van der Waals surface area contributed by atoms with Gasteiger partial charge < -0.3 is 26.2 Å². The standard InChI is InChI=1S/C44H68N6O8S/c1-11-13-16-21-57-50(42(54)38(28(5)12-2)48-40(53)35-17-14-15-20-49(35)10)36(27(3)4)24-37(58-30(7)51)41-47-34(26-59-41)39(52)46-33(25-44(8,9)43(55)56)23-31-18-19-32(45)22-29(31)6/h1,18-19,26-29,33,35-38H,12-17,20-25,45H2,2-10H3,(H,46,52)(H,48,53)(H,55,56)/t28-,29?,33-,35+,36+,37+,38-/m0/s1. The number of ether oxygens (including phenoxy) is 1. The number of hydroxylamine groups is 2. The molecule has 2 aliphatic rings. The van der Waals surface area contributed by atoms with E-state index >= 15 is 0 Å². The number of terminal acetylenes is 1. The second-order valence-electron chi connectivity index (χ2n) is 17.2. The Kier molecular flexibility index (Phi) is 19.1. The number of amides is 3. The average Bonchev–Trinajstić information content (AvgIpc) is 3.67. The quantitative estimate of drug-likeness (QED) is 0.0453. The summed E-state index contributed by atoms with van der Waals surface area (Å²) in [5, 5.41) is 19.3. The number of aliphatic carboxylic acids is 1. The van der Waals surface area contributed by atoms with Crippen LogP contribution in [0.15, 0.2) is 28.8 Å². The number of carbonyl (C=O) groups excluding carboxylic acids is 4. The van der Waals surface area contributed by atoms with E-state index in [0.717, 1.165) is 42.0 Å². The summed E-state index contributed by atoms with van der Waals surface area (Å²) in [4.78, 5) is 79.9. The minimum atomic E-state index is -1.13. The first-order chi connectivity index (χ1) is 27.8. The van der Waals surface area contributed by atoms with Gasteiger partial charge in [0.2, 0.25) is 5.91 Å². The van der Waals surface area contributed by atoms with Crippen molar-refractivity contribution in [2.45, 2.75) is 150 Å². The van der Waals surface area contributed by atoms with Gasteiger partial charge in [-0.2, -0.15) is 0 Å². The summed E-state index contributed by atoms with van der Waals surface area (Å²) < 4.78 is 5.86. The molecule has 328 valence electrons. The van der Waals surface area contributed by atoms with Crippen LogP contribution >= 0.6 is 11.3 Å². The van der Waals surface area contributed by atoms with Crippen LogP contribution in [0.5, 0.6) is 0 Å². The first-order valence-electron chi connectivity index (χ1n) is 21.0. The van der Waals surface area contributed by atoms with Crippen LogP contribution in [0.1, 0.15) is 141 Å². The molecule has 1 fully saturated rings. The van der Waals surface area contributed by atoms with Crippen molar-refractivity contribution >= 4 is 41.0 Å². The molecule has 1 aliphatic heterocycles. The highest BCUT2D eigenvalue weighted by atomic mass is 32.1. The molecule has 7 atom stereocenters. The van der Waals surface area contributed by atoms with Crippen LogP contribution in [0, 0.1) is 35.5 Å². The highest BCUT2D eigenvalue weighted by molar-refractivity contribution is 7.09. The number of carboxylic acids is 1. The Hall–Kier alpha value is -4.26. The number of hydrogen-bond acceptors (Lipinski definition) is 11. The summed E-state index contributed by atoms with van der Waals surface area (Å²) in [5.41, 5.74) is 6.82. The summed E-state index contributed by atoms with van der Waals surface area (Å²) in [5.74, 6) is -0.391. The van der Waals surface area contributed by atoms with Crippen molar-refractivity contribution in [3.8, 4) is 12.3 Å². The van der Waals surface area contributed by atoms with Crippen LogP contribution in [0.2, 0.25) is 0 Å². The zero-order chi connectivity index (χ0) is 44.0. The van der Waals surface area contributed by atoms with Crippen LogP contribution in [-0.4, -0.2) is 94.1 Å². The molecule has 0 saturated carbocycles. The van der Waals surface area contributed by atoms with E-state index in [1.807, 2.05) is 58.7 Å². The number of rotatable bonds is 22. The van der Waals surface area contributed by atoms with E-state index in [0.29, 0.717) is 43.5 Å². The Morgan fingerprint density at radius 3 is 2.47 bits per heavy atom. The Balaban J connectivity index is 1.95. The third-order valence-electron chi connectivity index (χ3n) is 11.5. The Morgan fingerprint density at radius 1 is 1.17 bits per heavy atom. The van der Waals surface area contributed by atoms with Crippen molar-refractivity contribution < 1.29 is 38.7 Å². The number of hydrogen-bond donors (Lipinski definition) is 4. The summed E-state index contributed by atoms with van der Waals surface area (Å²) in [6.45, 7) is 15.3. The van der Waals surface area contributed by atoms with Gasteiger partial charge in [0.05, 0.1) is 24.1 Å². The fourth-order valence-electron chi connectivity index (χ4n) is 7.56. The number of aromatic nitrogens is 1. The number of carbonyl (C=O) groups is 5. The number of nitrogens with one attached hydrogen (secondary N) is 2. The third kappa shape index (κ3) is 14.5. The Labute approximate surface area is 355 Å². The fourth-order valence-corrected chi connectivity index (χ4v) is 8.39. The molecular weight excluding hydrogens is 773 g/mol. The van der Waals surface area contributed by atoms with E-state index in [1.54, 1.807) is 19.2 Å². The Morgan fingerprint density at radius 2 is 1.88 bits per heavy atom. The van der Waals surface area contributed by atoms with E-state index in [1.165, 1.54) is 12.0 Å². The van der Waals surface area contributed by atoms with Crippen LogP contribution in [-0.2, 0) is 28.8 Å². The van der Waals surface area contributed by atoms with E-state index in [4.69, 9.17) is 21.7 Å². The van der Waals surface area contributed by atoms with Crippen molar-refractivity contribution in [3.63, 3.8) is 0 Å². The number of unbranched alkanes of at least 4 members (excludes halogenated alkanes) is 1. The van der Waals surface area contributed by atoms with Gasteiger partial charge in [0, 0.05) is 36.9 Å². The third-order valence-corrected chi connectivity index (χ3v) is 12.4. The molecule has 1 aliphatic carbocycles. The molecule has 0 radical (unpaired) electrons. The largest absolute Gasteiger partial charge is 0.481 e. The highest BCUT2D eigenvalue weighted by Crippen LogP contribution is 2.34. The molecule has 2 heterocycles. The number of thiazole rings is 1. The molecule has 14 nitrogen and oxygen atoms in total. The maximum atomic E-state index is 14.7. The SMILES string of the molecule is C#CCCCON(C(=O)[C@@H](NC(=O)[C@H]1CCCCN1C)[C@@H](C)CC)[C@H](C[C@@H](OC(C)=O)c1nc(C(=O)N[C@@H](CC2=CC=C(N)CC2C)CC(C)(C)C(=O)O)cs1)C(C)C. The molecule has 5 N–H and O–H groups in total. The molecule has 1 aromatic heterocycles. The fraction of sp³-hybridized carbons (Fsp3) is 0.682. The summed E-state index contributed by atoms with van der Waals surface area (Å²) in [7, 11) is 1.92. The van der Waals surface area contributed by atoms with Crippen LogP contribution < -0.4 is 16.4 Å². The lowest BCUT2D eigenvalue weighted by Crippen LogP contribution is -2.58. The molecule has 59 heavy (non-hydrogen) atoms. The molecule has 1 saturated heterocycles. The smallest absolute Gasteiger partial charge is 0.309 e. The van der Waals surface area contributed by atoms with Gasteiger partial charge in [0.25, 0.3) is 11.8 Å². The molecule has 0 aromatic carbocycles. The number of carboxylic acid groups (broad SMARTS) is 1. The lowest BCUT2D eigenvalue weighted by molar-refractivity contribution is -0.213. The van der Waals surface area contributed by atoms with Gasteiger partial charge in [-0.1, -0.05) is 59.1 Å². The van der Waals surface area contributed by atoms with Crippen molar-refractivity contribution in [2.24, 2.45) is 28.9 Å². The van der Waals surface area contributed by atoms with E-state index in [9.17, 15) is 29.1 Å². The van der Waals surface area contributed by atoms with Gasteiger partial charge in [0.1, 0.15) is 16.7 Å². The number of allylic oxidation sites excluding steroid dienone is 3. The van der Waals surface area contributed by atoms with Gasteiger partial charge in [-0.3, -0.25) is 33.7 Å². The highest BCUT2D eigenvalue weighted by Gasteiger charge is 2.40. The van der Waals surface area contributed by atoms with E-state index in [2.05, 4.69) is 21.5 Å². The van der Waals surface area contributed by atoms with Gasteiger partial charge >= 0.3 is 11.9 Å². The predicted molar refractivity (Wildman–Crippen MR) is 228 cm³/mol. The summed E-state index contributed by atoms with van der Waals surface area (Å²) >= 11 is 1.14. The summed E-state index contributed by atoms with van der Waals surface area (Å²) in [6.07, 6.45) is 13.9. The van der Waals surface area contributed by atoms with Crippen LogP contribution in [0.3, 0.4) is 0 Å². The zero-order valence-corrected chi connectivity index (χ0v) is 37.4. The molecule has 3 amide bonds. The first-order valence-corrected chi connectivity index (χ1v) is 21.9. The monoisotopic (exact) mass is 840 g/mol. The Bertz CT molecular complexity index is 1720. The minimum absolute atomic E-state index is 0.0807. The normalized spacial score (nSPS) is 19.9. The van der Waals surface area contributed by atoms with Gasteiger partial charge in [-0.05, 0) is 89.8 Å².